The topological polar surface area (TPSA) is 102 Å². The van der Waals surface area contributed by atoms with Crippen LogP contribution >= 0.6 is 0 Å². The average Bonchev–Trinajstić information content (AvgIpc) is 3.42. The predicted molar refractivity (Wildman–Crippen MR) is 151 cm³/mol. The number of carbonyl (C=O) groups is 1. The fraction of sp³-hybridized carbons (Fsp3) is 0.219. The van der Waals surface area contributed by atoms with Gasteiger partial charge < -0.3 is 20.1 Å². The summed E-state index contributed by atoms with van der Waals surface area (Å²) in [4.78, 5) is 26.5. The molecule has 1 aliphatic heterocycles. The van der Waals surface area contributed by atoms with E-state index in [-0.39, 0.29) is 49.6 Å². The van der Waals surface area contributed by atoms with Gasteiger partial charge in [-0.1, -0.05) is 48.5 Å². The zero-order valence-corrected chi connectivity index (χ0v) is 22.4. The number of alkyl halides is 3. The second-order valence-electron chi connectivity index (χ2n) is 10.5. The molecule has 0 saturated carbocycles. The number of aromatic amines is 1. The molecule has 1 fully saturated rings. The third-order valence-corrected chi connectivity index (χ3v) is 7.87. The number of rotatable bonds is 5. The van der Waals surface area contributed by atoms with Crippen LogP contribution in [0.25, 0.3) is 33.5 Å². The molecule has 1 aliphatic rings. The van der Waals surface area contributed by atoms with Crippen molar-refractivity contribution < 1.29 is 28.2 Å². The zero-order chi connectivity index (χ0) is 29.5. The van der Waals surface area contributed by atoms with E-state index in [1.54, 1.807) is 29.4 Å². The standard InChI is InChI=1S/C32H27F3N4O3/c33-32(34,35)23-4-1-3-22(18-23)31(42)12-15-39(16-13-31)28(40)17-20-7-9-21(10-8-20)24-5-2-6-25(29(24)41)30-37-26-11-14-36-19-27(26)38-30/h1-11,14,18-19,41-42H,12-13,15-17H2,(H,37,38). The number of imidazole rings is 1. The fourth-order valence-corrected chi connectivity index (χ4v) is 5.44. The highest BCUT2D eigenvalue weighted by atomic mass is 19.4. The molecule has 0 unspecified atom stereocenters. The molecule has 10 heteroatoms. The number of benzene rings is 3. The van der Waals surface area contributed by atoms with E-state index >= 15 is 0 Å². The van der Waals surface area contributed by atoms with Crippen LogP contribution in [0.4, 0.5) is 13.2 Å². The number of nitrogens with zero attached hydrogens (tertiary/aromatic N) is 3. The lowest BCUT2D eigenvalue weighted by atomic mass is 9.83. The first-order valence-electron chi connectivity index (χ1n) is 13.5. The zero-order valence-electron chi connectivity index (χ0n) is 22.4. The molecule has 0 bridgehead atoms. The quantitative estimate of drug-likeness (QED) is 0.237. The van der Waals surface area contributed by atoms with E-state index < -0.39 is 17.3 Å². The van der Waals surface area contributed by atoms with Gasteiger partial charge in [0.1, 0.15) is 11.6 Å². The Kier molecular flexibility index (Phi) is 6.94. The number of hydrogen-bond acceptors (Lipinski definition) is 5. The molecular weight excluding hydrogens is 545 g/mol. The number of aromatic hydroxyl groups is 1. The lowest BCUT2D eigenvalue weighted by Crippen LogP contribution is -2.45. The van der Waals surface area contributed by atoms with Gasteiger partial charge in [-0.05, 0) is 53.8 Å². The van der Waals surface area contributed by atoms with Crippen molar-refractivity contribution in [3.8, 4) is 28.3 Å². The Bertz CT molecular complexity index is 1720. The molecule has 5 aromatic rings. The normalized spacial score (nSPS) is 15.2. The number of piperidine rings is 1. The SMILES string of the molecule is O=C(Cc1ccc(-c2cccc(-c3nc4ccncc4[nH]3)c2O)cc1)N1CCC(O)(c2cccc(C(F)(F)F)c2)CC1. The minimum Gasteiger partial charge on any atom is -0.507 e. The molecule has 3 aromatic carbocycles. The molecule has 214 valence electrons. The van der Waals surface area contributed by atoms with E-state index in [0.717, 1.165) is 34.3 Å². The molecular formula is C32H27F3N4O3. The Morgan fingerprint density at radius 3 is 2.40 bits per heavy atom. The third-order valence-electron chi connectivity index (χ3n) is 7.87. The minimum atomic E-state index is -4.49. The van der Waals surface area contributed by atoms with Crippen molar-refractivity contribution in [2.24, 2.45) is 0 Å². The highest BCUT2D eigenvalue weighted by Gasteiger charge is 2.38. The second kappa shape index (κ2) is 10.6. The molecule has 6 rings (SSSR count). The average molecular weight is 573 g/mol. The summed E-state index contributed by atoms with van der Waals surface area (Å²) in [5, 5.41) is 22.2. The van der Waals surface area contributed by atoms with Gasteiger partial charge in [-0.15, -0.1) is 0 Å². The molecule has 1 saturated heterocycles. The van der Waals surface area contributed by atoms with Crippen LogP contribution in [-0.4, -0.2) is 49.1 Å². The molecule has 0 atom stereocenters. The number of amides is 1. The summed E-state index contributed by atoms with van der Waals surface area (Å²) >= 11 is 0. The van der Waals surface area contributed by atoms with E-state index in [0.29, 0.717) is 17.0 Å². The molecule has 0 radical (unpaired) electrons. The first kappa shape index (κ1) is 27.5. The highest BCUT2D eigenvalue weighted by molar-refractivity contribution is 5.84. The van der Waals surface area contributed by atoms with Crippen LogP contribution in [0.5, 0.6) is 5.75 Å². The van der Waals surface area contributed by atoms with Crippen LogP contribution in [0.1, 0.15) is 29.5 Å². The number of aliphatic hydroxyl groups is 1. The lowest BCUT2D eigenvalue weighted by Gasteiger charge is -2.38. The number of pyridine rings is 1. The predicted octanol–water partition coefficient (Wildman–Crippen LogP) is 6.07. The molecule has 2 aromatic heterocycles. The smallest absolute Gasteiger partial charge is 0.416 e. The Balaban J connectivity index is 1.12. The van der Waals surface area contributed by atoms with E-state index in [4.69, 9.17) is 0 Å². The van der Waals surface area contributed by atoms with Crippen molar-refractivity contribution in [2.75, 3.05) is 13.1 Å². The van der Waals surface area contributed by atoms with E-state index in [1.165, 1.54) is 12.1 Å². The first-order chi connectivity index (χ1) is 20.1. The fourth-order valence-electron chi connectivity index (χ4n) is 5.44. The van der Waals surface area contributed by atoms with Crippen LogP contribution in [0.2, 0.25) is 0 Å². The number of likely N-dealkylation sites (tertiary alicyclic amines) is 1. The van der Waals surface area contributed by atoms with Crippen molar-refractivity contribution in [3.05, 3.63) is 102 Å². The van der Waals surface area contributed by atoms with Gasteiger partial charge in [0.05, 0.1) is 40.4 Å². The number of para-hydroxylation sites is 1. The Labute approximate surface area is 239 Å². The largest absolute Gasteiger partial charge is 0.507 e. The van der Waals surface area contributed by atoms with Crippen LogP contribution in [-0.2, 0) is 23.0 Å². The first-order valence-corrected chi connectivity index (χ1v) is 13.5. The van der Waals surface area contributed by atoms with Gasteiger partial charge in [-0.3, -0.25) is 9.78 Å². The van der Waals surface area contributed by atoms with Crippen molar-refractivity contribution >= 4 is 16.9 Å². The molecule has 1 amide bonds. The van der Waals surface area contributed by atoms with E-state index in [9.17, 15) is 28.2 Å². The van der Waals surface area contributed by atoms with Crippen LogP contribution < -0.4 is 0 Å². The molecule has 42 heavy (non-hydrogen) atoms. The summed E-state index contributed by atoms with van der Waals surface area (Å²) in [6.07, 6.45) is -0.727. The summed E-state index contributed by atoms with van der Waals surface area (Å²) in [6.45, 7) is 0.477. The summed E-state index contributed by atoms with van der Waals surface area (Å²) in [7, 11) is 0. The molecule has 3 N–H and O–H groups in total. The van der Waals surface area contributed by atoms with Crippen molar-refractivity contribution in [1.82, 2.24) is 19.9 Å². The number of halogens is 3. The lowest BCUT2D eigenvalue weighted by molar-refractivity contribution is -0.137. The minimum absolute atomic E-state index is 0.0786. The van der Waals surface area contributed by atoms with Crippen molar-refractivity contribution in [3.63, 3.8) is 0 Å². The number of H-pyrrole nitrogens is 1. The van der Waals surface area contributed by atoms with Crippen molar-refractivity contribution in [2.45, 2.75) is 31.0 Å². The van der Waals surface area contributed by atoms with Crippen LogP contribution in [0.15, 0.2) is 85.2 Å². The number of phenols is 1. The number of aromatic nitrogens is 3. The van der Waals surface area contributed by atoms with E-state index in [1.807, 2.05) is 36.4 Å². The van der Waals surface area contributed by atoms with Crippen molar-refractivity contribution in [1.29, 1.82) is 0 Å². The van der Waals surface area contributed by atoms with Gasteiger partial charge >= 0.3 is 6.18 Å². The maximum absolute atomic E-state index is 13.1. The molecule has 7 nitrogen and oxygen atoms in total. The summed E-state index contributed by atoms with van der Waals surface area (Å²) in [5.74, 6) is 0.481. The summed E-state index contributed by atoms with van der Waals surface area (Å²) in [5.41, 5.74) is 2.22. The highest BCUT2D eigenvalue weighted by Crippen LogP contribution is 2.39. The van der Waals surface area contributed by atoms with Crippen LogP contribution in [0.3, 0.4) is 0 Å². The van der Waals surface area contributed by atoms with E-state index in [2.05, 4.69) is 15.0 Å². The number of hydrogen-bond donors (Lipinski definition) is 3. The summed E-state index contributed by atoms with van der Waals surface area (Å²) in [6, 6.07) is 19.3. The number of nitrogens with one attached hydrogen (secondary N) is 1. The molecule has 0 aliphatic carbocycles. The van der Waals surface area contributed by atoms with Crippen LogP contribution in [0, 0.1) is 0 Å². The van der Waals surface area contributed by atoms with Gasteiger partial charge in [0.15, 0.2) is 0 Å². The number of fused-ring (bicyclic) bond motifs is 1. The Hall–Kier alpha value is -4.70. The molecule has 0 spiro atoms. The third kappa shape index (κ3) is 5.33. The Morgan fingerprint density at radius 1 is 0.976 bits per heavy atom. The van der Waals surface area contributed by atoms with Gasteiger partial charge in [0.25, 0.3) is 0 Å². The molecule has 3 heterocycles. The second-order valence-corrected chi connectivity index (χ2v) is 10.5. The van der Waals surface area contributed by atoms with Gasteiger partial charge in [0, 0.05) is 24.8 Å². The maximum atomic E-state index is 13.1. The summed E-state index contributed by atoms with van der Waals surface area (Å²) < 4.78 is 39.4. The van der Waals surface area contributed by atoms with Gasteiger partial charge in [-0.2, -0.15) is 13.2 Å². The number of phenolic OH excluding ortho intramolecular Hbond substituents is 1. The Morgan fingerprint density at radius 2 is 1.69 bits per heavy atom. The van der Waals surface area contributed by atoms with Gasteiger partial charge in [0.2, 0.25) is 5.91 Å². The maximum Gasteiger partial charge on any atom is 0.416 e. The van der Waals surface area contributed by atoms with Gasteiger partial charge in [-0.25, -0.2) is 4.98 Å². The number of carbonyl (C=O) groups excluding carboxylic acids is 1. The monoisotopic (exact) mass is 572 g/mol.